The van der Waals surface area contributed by atoms with Gasteiger partial charge in [0.1, 0.15) is 5.75 Å². The number of aromatic hydroxyl groups is 1. The molecule has 0 spiro atoms. The molecule has 9 heteroatoms. The number of pyridine rings is 2. The van der Waals surface area contributed by atoms with Gasteiger partial charge in [-0.2, -0.15) is 9.13 Å². The van der Waals surface area contributed by atoms with Gasteiger partial charge in [0.05, 0.1) is 49.8 Å². The van der Waals surface area contributed by atoms with Crippen molar-refractivity contribution in [2.45, 2.75) is 32.4 Å². The van der Waals surface area contributed by atoms with Crippen LogP contribution in [0.2, 0.25) is 0 Å². The van der Waals surface area contributed by atoms with Gasteiger partial charge in [0, 0.05) is 31.4 Å². The van der Waals surface area contributed by atoms with Gasteiger partial charge in [-0.25, -0.2) is 0 Å². The lowest BCUT2D eigenvalue weighted by Crippen LogP contribution is -2.40. The Kier molecular flexibility index (Phi) is 6.89. The average molecular weight is 657 g/mol. The first kappa shape index (κ1) is 29.4. The molecule has 0 unspecified atom stereocenters. The van der Waals surface area contributed by atoms with E-state index in [1.807, 2.05) is 24.4 Å². The Morgan fingerprint density at radius 3 is 1.90 bits per heavy atom. The van der Waals surface area contributed by atoms with Gasteiger partial charge in [-0.05, 0) is 69.9 Å². The number of methoxy groups -OCH3 is 3. The van der Waals surface area contributed by atoms with Crippen molar-refractivity contribution in [2.75, 3.05) is 34.7 Å². The molecule has 246 valence electrons. The highest BCUT2D eigenvalue weighted by Crippen LogP contribution is 2.42. The number of fused-ring (bicyclic) bond motifs is 10. The second kappa shape index (κ2) is 11.5. The number of ether oxygens (including phenoxy) is 6. The zero-order chi connectivity index (χ0) is 33.2. The van der Waals surface area contributed by atoms with E-state index in [1.165, 1.54) is 39.2 Å². The average Bonchev–Trinajstić information content (AvgIpc) is 3.80. The molecule has 4 aromatic carbocycles. The number of benzene rings is 4. The Labute approximate surface area is 283 Å². The Morgan fingerprint density at radius 2 is 1.20 bits per heavy atom. The first-order valence-corrected chi connectivity index (χ1v) is 16.6. The van der Waals surface area contributed by atoms with Crippen LogP contribution in [0.1, 0.15) is 16.7 Å². The van der Waals surface area contributed by atoms with Crippen molar-refractivity contribution in [1.82, 2.24) is 0 Å². The molecule has 49 heavy (non-hydrogen) atoms. The molecule has 0 radical (unpaired) electrons. The molecule has 9 nitrogen and oxygen atoms in total. The monoisotopic (exact) mass is 656 g/mol. The van der Waals surface area contributed by atoms with Gasteiger partial charge in [-0.3, -0.25) is 0 Å². The number of rotatable bonds is 3. The fourth-order valence-corrected chi connectivity index (χ4v) is 7.63. The molecular weight excluding hydrogens is 620 g/mol. The highest BCUT2D eigenvalue weighted by Gasteiger charge is 2.30. The lowest BCUT2D eigenvalue weighted by atomic mass is 9.93. The SMILES string of the molecule is COc1ccc2cc3[n+](cc2c1O)CCc1cc2c(cc1-3)OCC2.COc1ccc2cc3[n+](cc2c1OC)CCc1cc2c(cc1-3)OCO2. The minimum Gasteiger partial charge on any atom is -0.504 e. The molecule has 0 bridgehead atoms. The second-order valence-electron chi connectivity index (χ2n) is 12.7. The molecule has 0 saturated heterocycles. The van der Waals surface area contributed by atoms with Crippen LogP contribution < -0.4 is 37.6 Å². The summed E-state index contributed by atoms with van der Waals surface area (Å²) in [5.74, 6) is 4.90. The van der Waals surface area contributed by atoms with E-state index in [9.17, 15) is 5.11 Å². The summed E-state index contributed by atoms with van der Waals surface area (Å²) in [4.78, 5) is 0. The Balaban J connectivity index is 0.000000133. The summed E-state index contributed by atoms with van der Waals surface area (Å²) in [5.41, 5.74) is 8.79. The van der Waals surface area contributed by atoms with Crippen LogP contribution in [-0.4, -0.2) is 39.8 Å². The third-order valence-corrected chi connectivity index (χ3v) is 10.1. The van der Waals surface area contributed by atoms with E-state index in [-0.39, 0.29) is 5.75 Å². The van der Waals surface area contributed by atoms with Crippen LogP contribution in [0.4, 0.5) is 0 Å². The van der Waals surface area contributed by atoms with Crippen LogP contribution >= 0.6 is 0 Å². The number of phenols is 1. The molecular formula is C40H36N2O7+2. The molecule has 6 aromatic rings. The van der Waals surface area contributed by atoms with Crippen molar-refractivity contribution >= 4 is 21.5 Å². The van der Waals surface area contributed by atoms with Crippen LogP contribution in [0, 0.1) is 0 Å². The number of aryl methyl sites for hydroxylation is 4. The molecule has 4 aliphatic heterocycles. The summed E-state index contributed by atoms with van der Waals surface area (Å²) in [7, 11) is 4.91. The summed E-state index contributed by atoms with van der Waals surface area (Å²) in [5, 5.41) is 14.4. The first-order chi connectivity index (χ1) is 24.0. The highest BCUT2D eigenvalue weighted by molar-refractivity contribution is 5.92. The third kappa shape index (κ3) is 4.75. The van der Waals surface area contributed by atoms with Gasteiger partial charge in [-0.15, -0.1) is 0 Å². The first-order valence-electron chi connectivity index (χ1n) is 16.6. The maximum absolute atomic E-state index is 10.4. The maximum Gasteiger partial charge on any atom is 0.231 e. The molecule has 6 heterocycles. The fraction of sp³-hybridized carbons (Fsp3) is 0.250. The topological polar surface area (TPSA) is 83.4 Å². The van der Waals surface area contributed by atoms with E-state index >= 15 is 0 Å². The largest absolute Gasteiger partial charge is 0.504 e. The predicted molar refractivity (Wildman–Crippen MR) is 183 cm³/mol. The van der Waals surface area contributed by atoms with E-state index < -0.39 is 0 Å². The molecule has 1 N–H and O–H groups in total. The van der Waals surface area contributed by atoms with Crippen LogP contribution in [-0.2, 0) is 32.4 Å². The highest BCUT2D eigenvalue weighted by atomic mass is 16.7. The lowest BCUT2D eigenvalue weighted by molar-refractivity contribution is -0.686. The third-order valence-electron chi connectivity index (χ3n) is 10.1. The summed E-state index contributed by atoms with van der Waals surface area (Å²) < 4.78 is 37.6. The van der Waals surface area contributed by atoms with E-state index in [1.54, 1.807) is 21.3 Å². The van der Waals surface area contributed by atoms with Gasteiger partial charge < -0.3 is 33.5 Å². The molecule has 2 aromatic heterocycles. The van der Waals surface area contributed by atoms with Crippen molar-refractivity contribution in [3.8, 4) is 62.8 Å². The van der Waals surface area contributed by atoms with Crippen molar-refractivity contribution < 1.29 is 42.7 Å². The lowest BCUT2D eigenvalue weighted by Gasteiger charge is -2.17. The normalized spacial score (nSPS) is 14.4. The van der Waals surface area contributed by atoms with E-state index in [4.69, 9.17) is 28.4 Å². The molecule has 0 aliphatic carbocycles. The van der Waals surface area contributed by atoms with Gasteiger partial charge in [0.2, 0.25) is 18.2 Å². The second-order valence-corrected chi connectivity index (χ2v) is 12.7. The van der Waals surface area contributed by atoms with Gasteiger partial charge in [0.15, 0.2) is 60.0 Å². The molecule has 0 amide bonds. The van der Waals surface area contributed by atoms with E-state index in [0.717, 1.165) is 89.3 Å². The van der Waals surface area contributed by atoms with Crippen molar-refractivity contribution in [1.29, 1.82) is 0 Å². The van der Waals surface area contributed by atoms with Crippen LogP contribution in [0.25, 0.3) is 44.1 Å². The van der Waals surface area contributed by atoms with E-state index in [2.05, 4.69) is 57.8 Å². The Morgan fingerprint density at radius 1 is 0.592 bits per heavy atom. The summed E-state index contributed by atoms with van der Waals surface area (Å²) in [6.07, 6.45) is 7.14. The van der Waals surface area contributed by atoms with Crippen molar-refractivity contribution in [3.05, 3.63) is 89.7 Å². The predicted octanol–water partition coefficient (Wildman–Crippen LogP) is 6.10. The molecule has 0 fully saturated rings. The number of aromatic nitrogens is 2. The maximum atomic E-state index is 10.4. The minimum atomic E-state index is 0.202. The molecule has 0 saturated carbocycles. The molecule has 4 aliphatic rings. The Hall–Kier alpha value is -5.70. The smallest absolute Gasteiger partial charge is 0.231 e. The van der Waals surface area contributed by atoms with Crippen LogP contribution in [0.15, 0.2) is 73.1 Å². The minimum absolute atomic E-state index is 0.202. The number of phenolic OH excluding ortho intramolecular Hbond substituents is 1. The zero-order valence-electron chi connectivity index (χ0n) is 27.7. The van der Waals surface area contributed by atoms with Gasteiger partial charge in [-0.1, -0.05) is 6.07 Å². The van der Waals surface area contributed by atoms with Crippen LogP contribution in [0.3, 0.4) is 0 Å². The van der Waals surface area contributed by atoms with Gasteiger partial charge in [0.25, 0.3) is 0 Å². The summed E-state index contributed by atoms with van der Waals surface area (Å²) >= 11 is 0. The summed E-state index contributed by atoms with van der Waals surface area (Å²) in [6.45, 7) is 2.91. The Bertz CT molecular complexity index is 2330. The van der Waals surface area contributed by atoms with Crippen molar-refractivity contribution in [3.63, 3.8) is 0 Å². The standard InChI is InChI=1S/C20H18NO4.C20H17NO3/c1-22-17-4-3-12-7-16-14-9-19-18(24-11-25-19)8-13(14)5-6-21(16)10-15(12)20(17)23-2;1-23-18-3-2-12-9-17-15-10-19-14(5-7-24-19)8-13(15)4-6-21(17)11-16(12)20(18)22/h3-4,7-10H,5-6,11H2,1-2H3;2-3,8-11H,4-7H2,1H3/q+1;/p+1. The fourth-order valence-electron chi connectivity index (χ4n) is 7.63. The molecule has 10 rings (SSSR count). The van der Waals surface area contributed by atoms with E-state index in [0.29, 0.717) is 12.5 Å². The zero-order valence-corrected chi connectivity index (χ0v) is 27.7. The quantitative estimate of drug-likeness (QED) is 0.231. The number of hydrogen-bond donors (Lipinski definition) is 1. The number of nitrogens with zero attached hydrogens (tertiary/aromatic N) is 2. The van der Waals surface area contributed by atoms with Crippen molar-refractivity contribution in [2.24, 2.45) is 0 Å². The number of hydrogen-bond acceptors (Lipinski definition) is 7. The van der Waals surface area contributed by atoms with Gasteiger partial charge >= 0.3 is 0 Å². The van der Waals surface area contributed by atoms with Crippen LogP contribution in [0.5, 0.6) is 40.2 Å². The molecule has 0 atom stereocenters. The summed E-state index contributed by atoms with van der Waals surface area (Å²) in [6, 6.07) is 20.9.